The molecular formula is C16H12N2O3. The van der Waals surface area contributed by atoms with Crippen LogP contribution in [-0.2, 0) is 0 Å². The first-order valence-electron chi connectivity index (χ1n) is 6.72. The van der Waals surface area contributed by atoms with E-state index in [1.165, 1.54) is 4.73 Å². The molecule has 104 valence electrons. The molecule has 2 aromatic carbocycles. The molecule has 3 aromatic rings. The van der Waals surface area contributed by atoms with Crippen LogP contribution in [0.25, 0.3) is 22.2 Å². The Morgan fingerprint density at radius 2 is 1.86 bits per heavy atom. The molecule has 21 heavy (non-hydrogen) atoms. The minimum atomic E-state index is -0.416. The van der Waals surface area contributed by atoms with Crippen LogP contribution < -0.4 is 15.3 Å². The lowest BCUT2D eigenvalue weighted by molar-refractivity contribution is 0.0786. The number of rotatable bonds is 1. The summed E-state index contributed by atoms with van der Waals surface area (Å²) < 4.78 is 6.98. The Morgan fingerprint density at radius 1 is 1.00 bits per heavy atom. The Labute approximate surface area is 120 Å². The fourth-order valence-electron chi connectivity index (χ4n) is 2.56. The van der Waals surface area contributed by atoms with Gasteiger partial charge in [-0.2, -0.15) is 4.98 Å². The summed E-state index contributed by atoms with van der Waals surface area (Å²) in [6, 6.07) is 15.2. The zero-order valence-electron chi connectivity index (χ0n) is 11.2. The summed E-state index contributed by atoms with van der Waals surface area (Å²) in [5.74, 6) is 0.718. The van der Waals surface area contributed by atoms with Gasteiger partial charge in [0.1, 0.15) is 19.0 Å². The van der Waals surface area contributed by atoms with E-state index in [1.807, 2.05) is 48.5 Å². The first-order chi connectivity index (χ1) is 10.3. The van der Waals surface area contributed by atoms with Crippen molar-refractivity contribution in [3.8, 4) is 17.0 Å². The van der Waals surface area contributed by atoms with Crippen LogP contribution in [0.1, 0.15) is 0 Å². The van der Waals surface area contributed by atoms with Crippen molar-refractivity contribution in [2.45, 2.75) is 0 Å². The molecule has 4 rings (SSSR count). The number of nitrogens with zero attached hydrogens (tertiary/aromatic N) is 2. The summed E-state index contributed by atoms with van der Waals surface area (Å²) in [5, 5.41) is 0.794. The fourth-order valence-corrected chi connectivity index (χ4v) is 2.56. The summed E-state index contributed by atoms with van der Waals surface area (Å²) in [7, 11) is 0. The van der Waals surface area contributed by atoms with E-state index < -0.39 is 5.69 Å². The van der Waals surface area contributed by atoms with Gasteiger partial charge in [0.25, 0.3) is 0 Å². The lowest BCUT2D eigenvalue weighted by Crippen LogP contribution is -2.33. The molecule has 1 aliphatic heterocycles. The minimum Gasteiger partial charge on any atom is -0.489 e. The van der Waals surface area contributed by atoms with Gasteiger partial charge in [0.2, 0.25) is 0 Å². The van der Waals surface area contributed by atoms with Gasteiger partial charge in [-0.25, -0.2) is 4.79 Å². The van der Waals surface area contributed by atoms with Gasteiger partial charge in [-0.15, -0.1) is 4.73 Å². The molecule has 0 atom stereocenters. The Kier molecular flexibility index (Phi) is 2.64. The van der Waals surface area contributed by atoms with Gasteiger partial charge in [-0.1, -0.05) is 36.4 Å². The van der Waals surface area contributed by atoms with E-state index in [0.29, 0.717) is 24.4 Å². The van der Waals surface area contributed by atoms with Crippen molar-refractivity contribution in [3.05, 3.63) is 59.0 Å². The average molecular weight is 280 g/mol. The Balaban J connectivity index is 2.16. The van der Waals surface area contributed by atoms with E-state index in [0.717, 1.165) is 16.7 Å². The lowest BCUT2D eigenvalue weighted by atomic mass is 10.1. The van der Waals surface area contributed by atoms with E-state index in [-0.39, 0.29) is 0 Å². The second kappa shape index (κ2) is 4.63. The molecule has 0 aliphatic carbocycles. The summed E-state index contributed by atoms with van der Waals surface area (Å²) in [5.41, 5.74) is 1.75. The molecule has 0 N–H and O–H groups in total. The van der Waals surface area contributed by atoms with Crippen LogP contribution in [0.2, 0.25) is 0 Å². The largest absolute Gasteiger partial charge is 0.489 e. The van der Waals surface area contributed by atoms with Crippen LogP contribution in [0.3, 0.4) is 0 Å². The molecule has 2 heterocycles. The van der Waals surface area contributed by atoms with E-state index in [9.17, 15) is 4.79 Å². The van der Waals surface area contributed by atoms with Crippen LogP contribution in [0.4, 0.5) is 0 Å². The van der Waals surface area contributed by atoms with Gasteiger partial charge < -0.3 is 9.57 Å². The smallest absolute Gasteiger partial charge is 0.381 e. The second-order valence-electron chi connectivity index (χ2n) is 4.74. The molecule has 0 fully saturated rings. The third kappa shape index (κ3) is 1.86. The van der Waals surface area contributed by atoms with E-state index in [2.05, 4.69) is 4.98 Å². The number of aromatic nitrogens is 2. The number of benzene rings is 2. The average Bonchev–Trinajstić information content (AvgIpc) is 2.53. The van der Waals surface area contributed by atoms with Crippen LogP contribution in [0.15, 0.2) is 53.3 Å². The Bertz CT molecular complexity index is 872. The van der Waals surface area contributed by atoms with Gasteiger partial charge in [0, 0.05) is 5.56 Å². The maximum absolute atomic E-state index is 12.2. The summed E-state index contributed by atoms with van der Waals surface area (Å²) >= 11 is 0. The summed E-state index contributed by atoms with van der Waals surface area (Å²) in [6.45, 7) is 0.701. The molecule has 1 aliphatic rings. The third-order valence-electron chi connectivity index (χ3n) is 3.45. The number of hydrogen-bond donors (Lipinski definition) is 0. The molecule has 1 aromatic heterocycles. The van der Waals surface area contributed by atoms with Crippen LogP contribution in [0.5, 0.6) is 5.75 Å². The van der Waals surface area contributed by atoms with Crippen molar-refractivity contribution >= 4 is 10.9 Å². The van der Waals surface area contributed by atoms with E-state index in [4.69, 9.17) is 9.57 Å². The topological polar surface area (TPSA) is 53.4 Å². The van der Waals surface area contributed by atoms with Crippen molar-refractivity contribution < 1.29 is 9.57 Å². The minimum absolute atomic E-state index is 0.309. The maximum atomic E-state index is 12.2. The van der Waals surface area contributed by atoms with Gasteiger partial charge in [-0.3, -0.25) is 0 Å². The number of ether oxygens (including phenoxy) is 1. The molecule has 5 nitrogen and oxygen atoms in total. The highest BCUT2D eigenvalue weighted by atomic mass is 16.7. The first-order valence-corrected chi connectivity index (χ1v) is 6.72. The Morgan fingerprint density at radius 3 is 2.71 bits per heavy atom. The zero-order chi connectivity index (χ0) is 14.2. The normalized spacial score (nSPS) is 13.3. The fraction of sp³-hybridized carbons (Fsp3) is 0.125. The SMILES string of the molecule is O=c1nc(-c2ccccc2)c2c3cccc2n1OCCO3. The predicted octanol–water partition coefficient (Wildman–Crippen LogP) is 1.88. The van der Waals surface area contributed by atoms with Crippen LogP contribution in [0, 0.1) is 0 Å². The van der Waals surface area contributed by atoms with Gasteiger partial charge in [0.05, 0.1) is 16.6 Å². The molecule has 0 unspecified atom stereocenters. The molecule has 0 saturated heterocycles. The van der Waals surface area contributed by atoms with E-state index >= 15 is 0 Å². The lowest BCUT2D eigenvalue weighted by Gasteiger charge is -2.19. The molecule has 0 amide bonds. The molecular weight excluding hydrogens is 268 g/mol. The standard InChI is InChI=1S/C16H12N2O3/c19-16-17-15(11-5-2-1-3-6-11)14-12-7-4-8-13(14)20-9-10-21-18(12)16/h1-8H,9-10H2. The molecule has 0 spiro atoms. The molecule has 0 saturated carbocycles. The monoisotopic (exact) mass is 280 g/mol. The highest BCUT2D eigenvalue weighted by molar-refractivity contribution is 5.97. The molecule has 5 heteroatoms. The van der Waals surface area contributed by atoms with Crippen molar-refractivity contribution in [1.29, 1.82) is 0 Å². The first kappa shape index (κ1) is 12.0. The van der Waals surface area contributed by atoms with E-state index in [1.54, 1.807) is 0 Å². The van der Waals surface area contributed by atoms with Crippen molar-refractivity contribution in [3.63, 3.8) is 0 Å². The zero-order valence-corrected chi connectivity index (χ0v) is 11.2. The predicted molar refractivity (Wildman–Crippen MR) is 78.4 cm³/mol. The van der Waals surface area contributed by atoms with Crippen molar-refractivity contribution in [1.82, 2.24) is 9.71 Å². The van der Waals surface area contributed by atoms with Gasteiger partial charge >= 0.3 is 5.69 Å². The maximum Gasteiger partial charge on any atom is 0.381 e. The van der Waals surface area contributed by atoms with Crippen LogP contribution in [-0.4, -0.2) is 22.9 Å². The molecule has 4 bridgehead atoms. The molecule has 0 radical (unpaired) electrons. The van der Waals surface area contributed by atoms with Crippen LogP contribution >= 0.6 is 0 Å². The van der Waals surface area contributed by atoms with Crippen molar-refractivity contribution in [2.24, 2.45) is 0 Å². The van der Waals surface area contributed by atoms with Gasteiger partial charge in [0.15, 0.2) is 0 Å². The summed E-state index contributed by atoms with van der Waals surface area (Å²) in [4.78, 5) is 21.9. The summed E-state index contributed by atoms with van der Waals surface area (Å²) in [6.07, 6.45) is 0. The number of hydrogen-bond acceptors (Lipinski definition) is 4. The third-order valence-corrected chi connectivity index (χ3v) is 3.45. The van der Waals surface area contributed by atoms with Gasteiger partial charge in [-0.05, 0) is 12.1 Å². The second-order valence-corrected chi connectivity index (χ2v) is 4.74. The quantitative estimate of drug-likeness (QED) is 0.683. The highest BCUT2D eigenvalue weighted by Gasteiger charge is 2.18. The highest BCUT2D eigenvalue weighted by Crippen LogP contribution is 2.33. The van der Waals surface area contributed by atoms with Crippen molar-refractivity contribution in [2.75, 3.05) is 13.2 Å². The Hall–Kier alpha value is -2.82.